The number of nitrogens with zero attached hydrogens (tertiary/aromatic N) is 3. The second-order valence-corrected chi connectivity index (χ2v) is 6.42. The molecule has 6 heteroatoms. The van der Waals surface area contributed by atoms with E-state index < -0.39 is 0 Å². The van der Waals surface area contributed by atoms with Gasteiger partial charge in [-0.25, -0.2) is 0 Å². The van der Waals surface area contributed by atoms with E-state index in [4.69, 9.17) is 0 Å². The largest absolute Gasteiger partial charge is 0.378 e. The molecule has 2 aliphatic heterocycles. The summed E-state index contributed by atoms with van der Waals surface area (Å²) in [5, 5.41) is 3.42. The molecule has 2 saturated heterocycles. The fourth-order valence-electron chi connectivity index (χ4n) is 3.34. The first-order chi connectivity index (χ1) is 10.6. The monoisotopic (exact) mass is 338 g/mol. The van der Waals surface area contributed by atoms with Gasteiger partial charge in [-0.05, 0) is 31.2 Å². The summed E-state index contributed by atoms with van der Waals surface area (Å²) < 4.78 is 0. The standard InChI is InChI=1S/C17H26N4O.ClH/c1-19(2)15-5-3-4-14(12-15)17(22)21-10-8-20(9-11-21)16-6-7-18-13-16;/h3-5,12,16,18H,6-11,13H2,1-2H3;1H. The summed E-state index contributed by atoms with van der Waals surface area (Å²) in [6, 6.07) is 8.55. The number of carbonyl (C=O) groups excluding carboxylic acids is 1. The van der Waals surface area contributed by atoms with Gasteiger partial charge in [-0.2, -0.15) is 0 Å². The molecule has 5 nitrogen and oxygen atoms in total. The molecule has 2 aliphatic rings. The maximum absolute atomic E-state index is 12.7. The van der Waals surface area contributed by atoms with Crippen LogP contribution in [0.3, 0.4) is 0 Å². The molecule has 1 atom stereocenters. The molecule has 1 aromatic rings. The number of benzene rings is 1. The van der Waals surface area contributed by atoms with Crippen molar-refractivity contribution in [3.05, 3.63) is 29.8 Å². The van der Waals surface area contributed by atoms with E-state index in [0.717, 1.165) is 50.5 Å². The molecule has 1 N–H and O–H groups in total. The zero-order valence-electron chi connectivity index (χ0n) is 14.0. The Labute approximate surface area is 145 Å². The Kier molecular flexibility index (Phi) is 6.27. The normalized spacial score (nSPS) is 21.8. The highest BCUT2D eigenvalue weighted by Gasteiger charge is 2.28. The zero-order valence-corrected chi connectivity index (χ0v) is 14.8. The van der Waals surface area contributed by atoms with Crippen LogP contribution in [0.25, 0.3) is 0 Å². The minimum Gasteiger partial charge on any atom is -0.378 e. The van der Waals surface area contributed by atoms with Crippen molar-refractivity contribution in [3.63, 3.8) is 0 Å². The summed E-state index contributed by atoms with van der Waals surface area (Å²) in [7, 11) is 4.00. The first-order valence-electron chi connectivity index (χ1n) is 8.16. The summed E-state index contributed by atoms with van der Waals surface area (Å²) in [6.07, 6.45) is 1.23. The van der Waals surface area contributed by atoms with Crippen molar-refractivity contribution in [2.75, 3.05) is 58.3 Å². The lowest BCUT2D eigenvalue weighted by Gasteiger charge is -2.37. The quantitative estimate of drug-likeness (QED) is 0.901. The third-order valence-corrected chi connectivity index (χ3v) is 4.76. The Morgan fingerprint density at radius 1 is 1.22 bits per heavy atom. The number of hydrogen-bond donors (Lipinski definition) is 1. The molecule has 3 rings (SSSR count). The summed E-state index contributed by atoms with van der Waals surface area (Å²) in [5.41, 5.74) is 1.86. The van der Waals surface area contributed by atoms with Gasteiger partial charge in [0.15, 0.2) is 0 Å². The maximum atomic E-state index is 12.7. The van der Waals surface area contributed by atoms with Crippen molar-refractivity contribution in [3.8, 4) is 0 Å². The van der Waals surface area contributed by atoms with E-state index in [1.54, 1.807) is 0 Å². The summed E-state index contributed by atoms with van der Waals surface area (Å²) in [4.78, 5) is 19.2. The highest BCUT2D eigenvalue weighted by atomic mass is 35.5. The van der Waals surface area contributed by atoms with Crippen LogP contribution in [0.5, 0.6) is 0 Å². The number of halogens is 1. The molecule has 1 amide bonds. The first-order valence-corrected chi connectivity index (χ1v) is 8.16. The van der Waals surface area contributed by atoms with Gasteiger partial charge in [0.05, 0.1) is 0 Å². The summed E-state index contributed by atoms with van der Waals surface area (Å²) in [6.45, 7) is 5.87. The summed E-state index contributed by atoms with van der Waals surface area (Å²) in [5.74, 6) is 0.160. The first kappa shape index (κ1) is 18.0. The van der Waals surface area contributed by atoms with Gasteiger partial charge < -0.3 is 15.1 Å². The van der Waals surface area contributed by atoms with E-state index in [-0.39, 0.29) is 18.3 Å². The second-order valence-electron chi connectivity index (χ2n) is 6.42. The van der Waals surface area contributed by atoms with Gasteiger partial charge in [-0.1, -0.05) is 6.07 Å². The molecule has 128 valence electrons. The van der Waals surface area contributed by atoms with E-state index in [2.05, 4.69) is 10.2 Å². The Bertz CT molecular complexity index is 523. The van der Waals surface area contributed by atoms with Crippen LogP contribution in [-0.4, -0.2) is 75.1 Å². The number of anilines is 1. The number of rotatable bonds is 3. The zero-order chi connectivity index (χ0) is 15.5. The third kappa shape index (κ3) is 4.16. The van der Waals surface area contributed by atoms with Gasteiger partial charge in [0.25, 0.3) is 5.91 Å². The molecule has 0 aliphatic carbocycles. The molecule has 1 unspecified atom stereocenters. The topological polar surface area (TPSA) is 38.8 Å². The van der Waals surface area contributed by atoms with Gasteiger partial charge in [-0.15, -0.1) is 12.4 Å². The smallest absolute Gasteiger partial charge is 0.254 e. The van der Waals surface area contributed by atoms with Crippen molar-refractivity contribution in [2.45, 2.75) is 12.5 Å². The average molecular weight is 339 g/mol. The Hall–Kier alpha value is -1.30. The van der Waals surface area contributed by atoms with E-state index in [1.165, 1.54) is 6.42 Å². The van der Waals surface area contributed by atoms with Gasteiger partial charge in [-0.3, -0.25) is 9.69 Å². The predicted octanol–water partition coefficient (Wildman–Crippen LogP) is 1.29. The van der Waals surface area contributed by atoms with Gasteiger partial charge in [0, 0.05) is 64.1 Å². The van der Waals surface area contributed by atoms with Crippen molar-refractivity contribution >= 4 is 24.0 Å². The molecular weight excluding hydrogens is 312 g/mol. The lowest BCUT2D eigenvalue weighted by atomic mass is 10.1. The molecule has 0 saturated carbocycles. The van der Waals surface area contributed by atoms with Crippen LogP contribution in [0.15, 0.2) is 24.3 Å². The third-order valence-electron chi connectivity index (χ3n) is 4.76. The Morgan fingerprint density at radius 3 is 2.57 bits per heavy atom. The molecule has 0 radical (unpaired) electrons. The van der Waals surface area contributed by atoms with Gasteiger partial charge in [0.2, 0.25) is 0 Å². The molecule has 0 aromatic heterocycles. The fourth-order valence-corrected chi connectivity index (χ4v) is 3.34. The Morgan fingerprint density at radius 2 is 1.96 bits per heavy atom. The van der Waals surface area contributed by atoms with E-state index in [9.17, 15) is 4.79 Å². The summed E-state index contributed by atoms with van der Waals surface area (Å²) >= 11 is 0. The molecule has 0 spiro atoms. The molecular formula is C17H27ClN4O. The van der Waals surface area contributed by atoms with Crippen LogP contribution in [0.2, 0.25) is 0 Å². The minimum atomic E-state index is 0. The van der Waals surface area contributed by atoms with Crippen LogP contribution in [-0.2, 0) is 0 Å². The van der Waals surface area contributed by atoms with Crippen LogP contribution in [0.4, 0.5) is 5.69 Å². The van der Waals surface area contributed by atoms with Gasteiger partial charge in [0.1, 0.15) is 0 Å². The molecule has 2 heterocycles. The number of hydrogen-bond acceptors (Lipinski definition) is 4. The lowest BCUT2D eigenvalue weighted by Crippen LogP contribution is -2.52. The fraction of sp³-hybridized carbons (Fsp3) is 0.588. The van der Waals surface area contributed by atoms with E-state index >= 15 is 0 Å². The van der Waals surface area contributed by atoms with Gasteiger partial charge >= 0.3 is 0 Å². The highest BCUT2D eigenvalue weighted by molar-refractivity contribution is 5.95. The lowest BCUT2D eigenvalue weighted by molar-refractivity contribution is 0.0584. The molecule has 1 aromatic carbocycles. The van der Waals surface area contributed by atoms with E-state index in [0.29, 0.717) is 6.04 Å². The highest BCUT2D eigenvalue weighted by Crippen LogP contribution is 2.17. The van der Waals surface area contributed by atoms with Crippen molar-refractivity contribution in [1.82, 2.24) is 15.1 Å². The molecule has 0 bridgehead atoms. The molecule has 2 fully saturated rings. The number of piperazine rings is 1. The Balaban J connectivity index is 0.00000192. The average Bonchev–Trinajstić information content (AvgIpc) is 3.09. The number of carbonyl (C=O) groups is 1. The predicted molar refractivity (Wildman–Crippen MR) is 96.8 cm³/mol. The second kappa shape index (κ2) is 7.99. The van der Waals surface area contributed by atoms with Crippen molar-refractivity contribution in [1.29, 1.82) is 0 Å². The number of amides is 1. The van der Waals surface area contributed by atoms with Crippen LogP contribution < -0.4 is 10.2 Å². The van der Waals surface area contributed by atoms with Crippen LogP contribution in [0.1, 0.15) is 16.8 Å². The maximum Gasteiger partial charge on any atom is 0.254 e. The van der Waals surface area contributed by atoms with Crippen LogP contribution >= 0.6 is 12.4 Å². The molecule has 23 heavy (non-hydrogen) atoms. The van der Waals surface area contributed by atoms with Crippen molar-refractivity contribution in [2.24, 2.45) is 0 Å². The van der Waals surface area contributed by atoms with E-state index in [1.807, 2.05) is 48.2 Å². The van der Waals surface area contributed by atoms with Crippen molar-refractivity contribution < 1.29 is 4.79 Å². The van der Waals surface area contributed by atoms with Crippen LogP contribution in [0, 0.1) is 0 Å². The SMILES string of the molecule is CN(C)c1cccc(C(=O)N2CCN(C3CCNC3)CC2)c1.Cl. The number of nitrogens with one attached hydrogen (secondary N) is 1. The minimum absolute atomic E-state index is 0.